The van der Waals surface area contributed by atoms with E-state index in [1.807, 2.05) is 0 Å². The van der Waals surface area contributed by atoms with Crippen LogP contribution in [0.5, 0.6) is 0 Å². The minimum Gasteiger partial charge on any atom is -0.375 e. The van der Waals surface area contributed by atoms with Gasteiger partial charge in [-0.15, -0.1) is 0 Å². The highest BCUT2D eigenvalue weighted by Gasteiger charge is 2.46. The number of hydrogen-bond acceptors (Lipinski definition) is 3. The smallest absolute Gasteiger partial charge is 0.0644 e. The minimum atomic E-state index is -0.0131. The molecule has 1 unspecified atom stereocenters. The Labute approximate surface area is 93.0 Å². The van der Waals surface area contributed by atoms with Gasteiger partial charge in [0.1, 0.15) is 0 Å². The molecule has 1 saturated carbocycles. The van der Waals surface area contributed by atoms with Crippen molar-refractivity contribution in [2.75, 3.05) is 20.2 Å². The molecular formula is C12H24N2O. The van der Waals surface area contributed by atoms with Crippen LogP contribution in [0.25, 0.3) is 0 Å². The second-order valence-corrected chi connectivity index (χ2v) is 5.81. The first kappa shape index (κ1) is 11.4. The Hall–Kier alpha value is -0.120. The quantitative estimate of drug-likeness (QED) is 0.768. The summed E-state index contributed by atoms with van der Waals surface area (Å²) >= 11 is 0. The average molecular weight is 212 g/mol. The van der Waals surface area contributed by atoms with Crippen molar-refractivity contribution in [1.29, 1.82) is 0 Å². The van der Waals surface area contributed by atoms with E-state index in [0.29, 0.717) is 0 Å². The van der Waals surface area contributed by atoms with E-state index in [4.69, 9.17) is 10.5 Å². The molecule has 1 saturated heterocycles. The molecule has 2 aliphatic rings. The monoisotopic (exact) mass is 212 g/mol. The van der Waals surface area contributed by atoms with E-state index in [0.717, 1.165) is 32.0 Å². The first-order valence-corrected chi connectivity index (χ1v) is 6.06. The molecule has 88 valence electrons. The van der Waals surface area contributed by atoms with Crippen molar-refractivity contribution in [3.8, 4) is 0 Å². The molecule has 0 radical (unpaired) electrons. The van der Waals surface area contributed by atoms with Gasteiger partial charge in [0.2, 0.25) is 0 Å². The molecule has 0 spiro atoms. The van der Waals surface area contributed by atoms with Crippen molar-refractivity contribution in [3.63, 3.8) is 0 Å². The van der Waals surface area contributed by atoms with Gasteiger partial charge in [0, 0.05) is 24.7 Å². The number of ether oxygens (including phenoxy) is 1. The van der Waals surface area contributed by atoms with Crippen LogP contribution in [0.1, 0.15) is 39.5 Å². The Morgan fingerprint density at radius 1 is 1.40 bits per heavy atom. The van der Waals surface area contributed by atoms with Gasteiger partial charge >= 0.3 is 0 Å². The maximum Gasteiger partial charge on any atom is 0.0644 e. The molecule has 1 aliphatic carbocycles. The highest BCUT2D eigenvalue weighted by atomic mass is 16.5. The lowest BCUT2D eigenvalue weighted by Crippen LogP contribution is -2.60. The zero-order chi connectivity index (χ0) is 11.1. The molecule has 0 aromatic rings. The molecule has 1 aliphatic heterocycles. The van der Waals surface area contributed by atoms with Gasteiger partial charge in [-0.1, -0.05) is 0 Å². The van der Waals surface area contributed by atoms with Crippen molar-refractivity contribution in [1.82, 2.24) is 4.90 Å². The average Bonchev–Trinajstić information content (AvgIpc) is 2.98. The molecular weight excluding hydrogens is 188 g/mol. The fourth-order valence-corrected chi connectivity index (χ4v) is 2.92. The van der Waals surface area contributed by atoms with Crippen LogP contribution in [-0.2, 0) is 4.74 Å². The molecule has 0 aromatic carbocycles. The Kier molecular flexibility index (Phi) is 2.82. The van der Waals surface area contributed by atoms with Gasteiger partial charge in [-0.3, -0.25) is 4.90 Å². The second-order valence-electron chi connectivity index (χ2n) is 5.81. The summed E-state index contributed by atoms with van der Waals surface area (Å²) in [7, 11) is 2.24. The van der Waals surface area contributed by atoms with Gasteiger partial charge in [-0.25, -0.2) is 0 Å². The third kappa shape index (κ3) is 2.19. The topological polar surface area (TPSA) is 38.5 Å². The lowest BCUT2D eigenvalue weighted by Gasteiger charge is -2.49. The normalized spacial score (nSPS) is 35.8. The molecule has 2 rings (SSSR count). The summed E-state index contributed by atoms with van der Waals surface area (Å²) in [5.41, 5.74) is 6.20. The van der Waals surface area contributed by atoms with E-state index < -0.39 is 0 Å². The highest BCUT2D eigenvalue weighted by molar-refractivity contribution is 5.02. The summed E-state index contributed by atoms with van der Waals surface area (Å²) in [4.78, 5) is 2.53. The SMILES string of the molecule is CN(C1CC1)C1(CN)CCOC(C)(C)C1. The minimum absolute atomic E-state index is 0.0131. The van der Waals surface area contributed by atoms with Crippen LogP contribution >= 0.6 is 0 Å². The first-order valence-electron chi connectivity index (χ1n) is 6.06. The van der Waals surface area contributed by atoms with E-state index >= 15 is 0 Å². The number of nitrogens with zero attached hydrogens (tertiary/aromatic N) is 1. The van der Waals surface area contributed by atoms with Crippen LogP contribution < -0.4 is 5.73 Å². The Balaban J connectivity index is 2.12. The molecule has 1 heterocycles. The predicted octanol–water partition coefficient (Wildman–Crippen LogP) is 1.37. The van der Waals surface area contributed by atoms with Crippen LogP contribution in [0.4, 0.5) is 0 Å². The van der Waals surface area contributed by atoms with Crippen LogP contribution in [0.15, 0.2) is 0 Å². The summed E-state index contributed by atoms with van der Waals surface area (Å²) in [6, 6.07) is 0.780. The van der Waals surface area contributed by atoms with E-state index in [1.165, 1.54) is 12.8 Å². The molecule has 1 atom stereocenters. The van der Waals surface area contributed by atoms with E-state index in [9.17, 15) is 0 Å². The predicted molar refractivity (Wildman–Crippen MR) is 61.8 cm³/mol. The van der Waals surface area contributed by atoms with E-state index in [1.54, 1.807) is 0 Å². The van der Waals surface area contributed by atoms with Crippen molar-refractivity contribution in [3.05, 3.63) is 0 Å². The van der Waals surface area contributed by atoms with Gasteiger partial charge in [0.05, 0.1) is 5.60 Å². The summed E-state index contributed by atoms with van der Waals surface area (Å²) in [6.45, 7) is 5.96. The number of rotatable bonds is 3. The van der Waals surface area contributed by atoms with Gasteiger partial charge in [-0.05, 0) is 46.6 Å². The zero-order valence-electron chi connectivity index (χ0n) is 10.3. The molecule has 3 heteroatoms. The molecule has 2 fully saturated rings. The number of hydrogen-bond donors (Lipinski definition) is 1. The largest absolute Gasteiger partial charge is 0.375 e. The zero-order valence-corrected chi connectivity index (χ0v) is 10.3. The van der Waals surface area contributed by atoms with E-state index in [-0.39, 0.29) is 11.1 Å². The highest BCUT2D eigenvalue weighted by Crippen LogP contribution is 2.40. The third-order valence-corrected chi connectivity index (χ3v) is 4.04. The van der Waals surface area contributed by atoms with Crippen molar-refractivity contribution in [2.45, 2.75) is 56.7 Å². The first-order chi connectivity index (χ1) is 6.99. The molecule has 3 nitrogen and oxygen atoms in total. The van der Waals surface area contributed by atoms with Crippen molar-refractivity contribution >= 4 is 0 Å². The standard InChI is InChI=1S/C12H24N2O/c1-11(2)8-12(9-13,6-7-15-11)14(3)10-4-5-10/h10H,4-9,13H2,1-3H3. The molecule has 0 bridgehead atoms. The van der Waals surface area contributed by atoms with Crippen molar-refractivity contribution < 1.29 is 4.74 Å². The fourth-order valence-electron chi connectivity index (χ4n) is 2.92. The van der Waals surface area contributed by atoms with Gasteiger partial charge in [-0.2, -0.15) is 0 Å². The molecule has 0 aromatic heterocycles. The molecule has 0 amide bonds. The molecule has 15 heavy (non-hydrogen) atoms. The maximum atomic E-state index is 6.03. The van der Waals surface area contributed by atoms with Crippen molar-refractivity contribution in [2.24, 2.45) is 5.73 Å². The fraction of sp³-hybridized carbons (Fsp3) is 1.00. The molecule has 2 N–H and O–H groups in total. The summed E-state index contributed by atoms with van der Waals surface area (Å²) in [6.07, 6.45) is 4.84. The van der Waals surface area contributed by atoms with Crippen LogP contribution in [-0.4, -0.2) is 42.3 Å². The Morgan fingerprint density at radius 2 is 2.07 bits per heavy atom. The summed E-state index contributed by atoms with van der Waals surface area (Å²) < 4.78 is 5.79. The van der Waals surface area contributed by atoms with E-state index in [2.05, 4.69) is 25.8 Å². The Morgan fingerprint density at radius 3 is 2.53 bits per heavy atom. The lowest BCUT2D eigenvalue weighted by atomic mass is 9.80. The maximum absolute atomic E-state index is 6.03. The summed E-state index contributed by atoms with van der Waals surface area (Å²) in [5.74, 6) is 0. The third-order valence-electron chi connectivity index (χ3n) is 4.04. The number of likely N-dealkylation sites (N-methyl/N-ethyl adjacent to an activating group) is 1. The second kappa shape index (κ2) is 3.72. The number of nitrogens with two attached hydrogens (primary N) is 1. The lowest BCUT2D eigenvalue weighted by molar-refractivity contribution is -0.114. The van der Waals surface area contributed by atoms with Gasteiger partial charge in [0.25, 0.3) is 0 Å². The summed E-state index contributed by atoms with van der Waals surface area (Å²) in [5, 5.41) is 0. The van der Waals surface area contributed by atoms with Crippen LogP contribution in [0, 0.1) is 0 Å². The van der Waals surface area contributed by atoms with Crippen LogP contribution in [0.2, 0.25) is 0 Å². The van der Waals surface area contributed by atoms with Gasteiger partial charge < -0.3 is 10.5 Å². The Bertz CT molecular complexity index is 238. The van der Waals surface area contributed by atoms with Gasteiger partial charge in [0.15, 0.2) is 0 Å². The van der Waals surface area contributed by atoms with Crippen LogP contribution in [0.3, 0.4) is 0 Å².